The molecule has 26 heavy (non-hydrogen) atoms. The number of sulfonamides is 1. The van der Waals surface area contributed by atoms with E-state index in [1.54, 1.807) is 12.0 Å². The number of methoxy groups -OCH3 is 1. The highest BCUT2D eigenvalue weighted by molar-refractivity contribution is 7.90. The summed E-state index contributed by atoms with van der Waals surface area (Å²) in [4.78, 5) is 14.1. The summed E-state index contributed by atoms with van der Waals surface area (Å²) in [6.45, 7) is 2.13. The second kappa shape index (κ2) is 7.89. The maximum atomic E-state index is 13.0. The second-order valence-electron chi connectivity index (χ2n) is 6.70. The molecule has 2 aliphatic heterocycles. The van der Waals surface area contributed by atoms with Crippen molar-refractivity contribution < 1.29 is 22.3 Å². The van der Waals surface area contributed by atoms with Gasteiger partial charge in [0.05, 0.1) is 11.9 Å². The second-order valence-corrected chi connectivity index (χ2v) is 8.85. The molecule has 7 nitrogen and oxygen atoms in total. The fourth-order valence-electron chi connectivity index (χ4n) is 3.65. The van der Waals surface area contributed by atoms with Crippen molar-refractivity contribution in [2.24, 2.45) is 5.92 Å². The van der Waals surface area contributed by atoms with Crippen LogP contribution in [0.4, 0.5) is 14.9 Å². The molecule has 0 unspecified atom stereocenters. The number of benzene rings is 1. The molecule has 2 heterocycles. The predicted molar refractivity (Wildman–Crippen MR) is 95.9 cm³/mol. The van der Waals surface area contributed by atoms with Crippen molar-refractivity contribution in [2.75, 3.05) is 45.2 Å². The van der Waals surface area contributed by atoms with Gasteiger partial charge in [-0.3, -0.25) is 0 Å². The molecule has 0 aliphatic carbocycles. The first-order chi connectivity index (χ1) is 12.4. The molecule has 2 atom stereocenters. The first-order valence-electron chi connectivity index (χ1n) is 8.71. The molecule has 144 valence electrons. The van der Waals surface area contributed by atoms with Crippen molar-refractivity contribution in [3.63, 3.8) is 0 Å². The lowest BCUT2D eigenvalue weighted by Gasteiger charge is -2.22. The standard InChI is InChI=1S/C17H24FN3O4S/c1-25-11-10-21-12-13-6-8-20(9-7-16(13)26(21,23)24)17(22)19-15-4-2-14(18)3-5-15/h2-5,13,16H,6-12H2,1H3,(H,19,22)/t13-,16-/m1/s1. The summed E-state index contributed by atoms with van der Waals surface area (Å²) >= 11 is 0. The molecular weight excluding hydrogens is 361 g/mol. The Morgan fingerprint density at radius 3 is 2.65 bits per heavy atom. The van der Waals surface area contributed by atoms with Crippen LogP contribution in [0.5, 0.6) is 0 Å². The number of urea groups is 1. The Labute approximate surface area is 153 Å². The summed E-state index contributed by atoms with van der Waals surface area (Å²) in [6.07, 6.45) is 1.07. The van der Waals surface area contributed by atoms with E-state index in [4.69, 9.17) is 4.74 Å². The van der Waals surface area contributed by atoms with E-state index >= 15 is 0 Å². The van der Waals surface area contributed by atoms with Crippen LogP contribution in [0.1, 0.15) is 12.8 Å². The number of hydrogen-bond donors (Lipinski definition) is 1. The molecule has 0 saturated carbocycles. The zero-order chi connectivity index (χ0) is 18.7. The van der Waals surface area contributed by atoms with Gasteiger partial charge in [-0.15, -0.1) is 0 Å². The summed E-state index contributed by atoms with van der Waals surface area (Å²) in [5.74, 6) is -0.339. The Morgan fingerprint density at radius 1 is 1.27 bits per heavy atom. The van der Waals surface area contributed by atoms with Crippen LogP contribution < -0.4 is 5.32 Å². The molecule has 0 aromatic heterocycles. The molecule has 1 aromatic rings. The summed E-state index contributed by atoms with van der Waals surface area (Å²) in [5.41, 5.74) is 0.513. The third-order valence-electron chi connectivity index (χ3n) is 5.09. The summed E-state index contributed by atoms with van der Waals surface area (Å²) in [5, 5.41) is 2.29. The molecule has 1 aromatic carbocycles. The van der Waals surface area contributed by atoms with Crippen LogP contribution in [0.15, 0.2) is 24.3 Å². The number of nitrogens with one attached hydrogen (secondary N) is 1. The van der Waals surface area contributed by atoms with Crippen molar-refractivity contribution in [3.8, 4) is 0 Å². The Kier molecular flexibility index (Phi) is 5.79. The maximum Gasteiger partial charge on any atom is 0.321 e. The van der Waals surface area contributed by atoms with Gasteiger partial charge in [0.15, 0.2) is 0 Å². The van der Waals surface area contributed by atoms with Gasteiger partial charge in [0.2, 0.25) is 10.0 Å². The van der Waals surface area contributed by atoms with Crippen molar-refractivity contribution in [3.05, 3.63) is 30.1 Å². The molecule has 1 N–H and O–H groups in total. The van der Waals surface area contributed by atoms with Crippen molar-refractivity contribution in [1.29, 1.82) is 0 Å². The fourth-order valence-corrected chi connectivity index (χ4v) is 5.87. The molecule has 2 fully saturated rings. The van der Waals surface area contributed by atoms with Crippen molar-refractivity contribution in [2.45, 2.75) is 18.1 Å². The molecule has 9 heteroatoms. The topological polar surface area (TPSA) is 79.0 Å². The van der Waals surface area contributed by atoms with Crippen LogP contribution in [0.25, 0.3) is 0 Å². The van der Waals surface area contributed by atoms with Crippen LogP contribution in [0, 0.1) is 11.7 Å². The van der Waals surface area contributed by atoms with Gasteiger partial charge in [0.25, 0.3) is 0 Å². The third kappa shape index (κ3) is 3.99. The van der Waals surface area contributed by atoms with E-state index in [1.807, 2.05) is 0 Å². The van der Waals surface area contributed by atoms with E-state index in [2.05, 4.69) is 5.32 Å². The number of likely N-dealkylation sites (tertiary alicyclic amines) is 1. The Hall–Kier alpha value is -1.71. The maximum absolute atomic E-state index is 13.0. The van der Waals surface area contributed by atoms with E-state index in [9.17, 15) is 17.6 Å². The summed E-state index contributed by atoms with van der Waals surface area (Å²) < 4.78 is 44.9. The average molecular weight is 385 g/mol. The number of carbonyl (C=O) groups is 1. The zero-order valence-electron chi connectivity index (χ0n) is 14.7. The smallest absolute Gasteiger partial charge is 0.321 e. The van der Waals surface area contributed by atoms with E-state index in [0.717, 1.165) is 0 Å². The number of fused-ring (bicyclic) bond motifs is 1. The van der Waals surface area contributed by atoms with Crippen LogP contribution in [-0.2, 0) is 14.8 Å². The van der Waals surface area contributed by atoms with E-state index in [-0.39, 0.29) is 17.8 Å². The van der Waals surface area contributed by atoms with E-state index < -0.39 is 15.3 Å². The largest absolute Gasteiger partial charge is 0.383 e. The molecule has 0 spiro atoms. The van der Waals surface area contributed by atoms with E-state index in [0.29, 0.717) is 51.3 Å². The molecule has 2 amide bonds. The highest BCUT2D eigenvalue weighted by Gasteiger charge is 2.46. The zero-order valence-corrected chi connectivity index (χ0v) is 15.5. The lowest BCUT2D eigenvalue weighted by Crippen LogP contribution is -2.37. The number of ether oxygens (including phenoxy) is 1. The first-order valence-corrected chi connectivity index (χ1v) is 10.2. The highest BCUT2D eigenvalue weighted by Crippen LogP contribution is 2.34. The van der Waals surface area contributed by atoms with Gasteiger partial charge in [0, 0.05) is 39.0 Å². The normalized spacial score (nSPS) is 25.5. The van der Waals surface area contributed by atoms with Gasteiger partial charge < -0.3 is 15.0 Å². The molecule has 2 saturated heterocycles. The van der Waals surface area contributed by atoms with Gasteiger partial charge in [0.1, 0.15) is 5.82 Å². The van der Waals surface area contributed by atoms with Crippen LogP contribution in [0.3, 0.4) is 0 Å². The van der Waals surface area contributed by atoms with Crippen LogP contribution in [-0.4, -0.2) is 68.8 Å². The molecule has 0 bridgehead atoms. The monoisotopic (exact) mass is 385 g/mol. The Morgan fingerprint density at radius 2 is 1.96 bits per heavy atom. The molecule has 3 rings (SSSR count). The quantitative estimate of drug-likeness (QED) is 0.856. The minimum absolute atomic E-state index is 0.0282. The fraction of sp³-hybridized carbons (Fsp3) is 0.588. The number of rotatable bonds is 4. The number of amides is 2. The van der Waals surface area contributed by atoms with Crippen LogP contribution in [0.2, 0.25) is 0 Å². The molecule has 0 radical (unpaired) electrons. The Bertz CT molecular complexity index is 741. The van der Waals surface area contributed by atoms with Gasteiger partial charge in [-0.1, -0.05) is 0 Å². The first kappa shape index (κ1) is 19.1. The van der Waals surface area contributed by atoms with Gasteiger partial charge in [-0.2, -0.15) is 4.31 Å². The minimum Gasteiger partial charge on any atom is -0.383 e. The highest BCUT2D eigenvalue weighted by atomic mass is 32.2. The number of anilines is 1. The van der Waals surface area contributed by atoms with Gasteiger partial charge >= 0.3 is 6.03 Å². The molecular formula is C17H24FN3O4S. The van der Waals surface area contributed by atoms with Gasteiger partial charge in [-0.25, -0.2) is 17.6 Å². The van der Waals surface area contributed by atoms with Crippen molar-refractivity contribution >= 4 is 21.7 Å². The predicted octanol–water partition coefficient (Wildman–Crippen LogP) is 1.73. The summed E-state index contributed by atoms with van der Waals surface area (Å²) in [6, 6.07) is 5.27. The molecule has 2 aliphatic rings. The Balaban J connectivity index is 1.61. The number of nitrogens with zero attached hydrogens (tertiary/aromatic N) is 2. The lowest BCUT2D eigenvalue weighted by atomic mass is 10.0. The minimum atomic E-state index is -3.34. The third-order valence-corrected chi connectivity index (χ3v) is 7.52. The average Bonchev–Trinajstić information content (AvgIpc) is 2.76. The van der Waals surface area contributed by atoms with Crippen molar-refractivity contribution in [1.82, 2.24) is 9.21 Å². The number of hydrogen-bond acceptors (Lipinski definition) is 4. The van der Waals surface area contributed by atoms with Gasteiger partial charge in [-0.05, 0) is 43.0 Å². The lowest BCUT2D eigenvalue weighted by molar-refractivity contribution is 0.178. The summed E-state index contributed by atoms with van der Waals surface area (Å²) in [7, 11) is -1.79. The SMILES string of the molecule is COCCN1C[C@H]2CCN(C(=O)Nc3ccc(F)cc3)CC[C@H]2S1(=O)=O. The number of halogens is 1. The number of carbonyl (C=O) groups excluding carboxylic acids is 1. The van der Waals surface area contributed by atoms with Crippen LogP contribution >= 0.6 is 0 Å². The van der Waals surface area contributed by atoms with E-state index in [1.165, 1.54) is 28.6 Å².